The third-order valence-corrected chi connectivity index (χ3v) is 5.50. The van der Waals surface area contributed by atoms with E-state index in [4.69, 9.17) is 0 Å². The highest BCUT2D eigenvalue weighted by Crippen LogP contribution is 2.27. The zero-order chi connectivity index (χ0) is 14.1. The summed E-state index contributed by atoms with van der Waals surface area (Å²) >= 11 is 3.30. The largest absolute Gasteiger partial charge is 0.316 e. The molecular weight excluding hydrogens is 328 g/mol. The third-order valence-electron chi connectivity index (χ3n) is 3.54. The van der Waals surface area contributed by atoms with E-state index in [9.17, 15) is 8.42 Å². The first-order chi connectivity index (χ1) is 8.81. The number of rotatable bonds is 3. The van der Waals surface area contributed by atoms with E-state index in [1.165, 1.54) is 0 Å². The van der Waals surface area contributed by atoms with Gasteiger partial charge in [0.1, 0.15) is 0 Å². The zero-order valence-electron chi connectivity index (χ0n) is 11.1. The molecule has 2 rings (SSSR count). The molecule has 0 radical (unpaired) electrons. The minimum atomic E-state index is -3.46. The topological polar surface area (TPSA) is 58.2 Å². The molecule has 1 aromatic carbocycles. The molecule has 0 spiro atoms. The predicted molar refractivity (Wildman–Crippen MR) is 79.5 cm³/mol. The first-order valence-electron chi connectivity index (χ1n) is 6.30. The Kier molecular flexibility index (Phi) is 4.35. The second-order valence-electron chi connectivity index (χ2n) is 5.59. The van der Waals surface area contributed by atoms with Gasteiger partial charge in [-0.05, 0) is 36.6 Å². The molecule has 0 bridgehead atoms. The minimum Gasteiger partial charge on any atom is -0.316 e. The molecule has 1 heterocycles. The summed E-state index contributed by atoms with van der Waals surface area (Å²) in [5, 5.41) is 3.30. The Balaban J connectivity index is 2.22. The van der Waals surface area contributed by atoms with Crippen molar-refractivity contribution in [1.82, 2.24) is 10.0 Å². The lowest BCUT2D eigenvalue weighted by atomic mass is 9.81. The van der Waals surface area contributed by atoms with Crippen LogP contribution in [0.15, 0.2) is 33.6 Å². The number of nitrogens with one attached hydrogen (secondary N) is 2. The maximum absolute atomic E-state index is 12.4. The number of sulfonamides is 1. The molecule has 106 valence electrons. The van der Waals surface area contributed by atoms with E-state index in [1.54, 1.807) is 18.2 Å². The molecule has 1 aromatic rings. The van der Waals surface area contributed by atoms with E-state index in [-0.39, 0.29) is 11.5 Å². The monoisotopic (exact) mass is 346 g/mol. The van der Waals surface area contributed by atoms with Crippen molar-refractivity contribution in [3.05, 3.63) is 28.7 Å². The van der Waals surface area contributed by atoms with Gasteiger partial charge in [0.2, 0.25) is 10.0 Å². The van der Waals surface area contributed by atoms with Crippen LogP contribution in [0.1, 0.15) is 20.3 Å². The molecule has 1 aliphatic rings. The summed E-state index contributed by atoms with van der Waals surface area (Å²) in [6.07, 6.45) is 0.806. The normalized spacial score (nSPS) is 23.2. The highest BCUT2D eigenvalue weighted by atomic mass is 79.9. The first kappa shape index (κ1) is 15.0. The molecule has 1 fully saturated rings. The minimum absolute atomic E-state index is 0.0438. The van der Waals surface area contributed by atoms with Crippen LogP contribution in [0, 0.1) is 5.41 Å². The van der Waals surface area contributed by atoms with Crippen molar-refractivity contribution in [2.75, 3.05) is 13.1 Å². The van der Waals surface area contributed by atoms with Crippen molar-refractivity contribution >= 4 is 26.0 Å². The van der Waals surface area contributed by atoms with Crippen LogP contribution in [0.25, 0.3) is 0 Å². The van der Waals surface area contributed by atoms with E-state index in [1.807, 2.05) is 6.07 Å². The smallest absolute Gasteiger partial charge is 0.240 e. The molecule has 0 amide bonds. The van der Waals surface area contributed by atoms with E-state index in [2.05, 4.69) is 39.8 Å². The second-order valence-corrected chi connectivity index (χ2v) is 8.21. The van der Waals surface area contributed by atoms with Gasteiger partial charge in [-0.1, -0.05) is 35.8 Å². The van der Waals surface area contributed by atoms with E-state index in [0.29, 0.717) is 4.90 Å². The van der Waals surface area contributed by atoms with Gasteiger partial charge < -0.3 is 5.32 Å². The lowest BCUT2D eigenvalue weighted by Gasteiger charge is -2.39. The Bertz CT molecular complexity index is 558. The van der Waals surface area contributed by atoms with Gasteiger partial charge in [-0.25, -0.2) is 13.1 Å². The molecule has 0 saturated carbocycles. The Labute approximate surface area is 123 Å². The molecule has 1 saturated heterocycles. The summed E-state index contributed by atoms with van der Waals surface area (Å²) in [7, 11) is -3.46. The van der Waals surface area contributed by atoms with Gasteiger partial charge in [-0.2, -0.15) is 0 Å². The second kappa shape index (κ2) is 5.52. The Morgan fingerprint density at radius 1 is 1.42 bits per heavy atom. The fourth-order valence-electron chi connectivity index (χ4n) is 2.28. The van der Waals surface area contributed by atoms with Crippen LogP contribution >= 0.6 is 15.9 Å². The average molecular weight is 347 g/mol. The van der Waals surface area contributed by atoms with E-state index >= 15 is 0 Å². The van der Waals surface area contributed by atoms with Crippen LogP contribution in [-0.2, 0) is 10.0 Å². The maximum Gasteiger partial charge on any atom is 0.240 e. The van der Waals surface area contributed by atoms with Gasteiger partial charge in [0.15, 0.2) is 0 Å². The van der Waals surface area contributed by atoms with Gasteiger partial charge in [0.05, 0.1) is 4.90 Å². The fourth-order valence-corrected chi connectivity index (χ4v) is 4.32. The van der Waals surface area contributed by atoms with Crippen molar-refractivity contribution in [1.29, 1.82) is 0 Å². The number of hydrogen-bond donors (Lipinski definition) is 2. The van der Waals surface area contributed by atoms with E-state index < -0.39 is 10.0 Å². The molecule has 4 nitrogen and oxygen atoms in total. The summed E-state index contributed by atoms with van der Waals surface area (Å²) in [6, 6.07) is 6.73. The number of piperidine rings is 1. The van der Waals surface area contributed by atoms with Crippen LogP contribution in [0.5, 0.6) is 0 Å². The van der Waals surface area contributed by atoms with Crippen molar-refractivity contribution in [2.24, 2.45) is 5.41 Å². The van der Waals surface area contributed by atoms with Gasteiger partial charge in [-0.3, -0.25) is 0 Å². The van der Waals surface area contributed by atoms with Crippen LogP contribution in [0.2, 0.25) is 0 Å². The molecule has 1 unspecified atom stereocenters. The maximum atomic E-state index is 12.4. The summed E-state index contributed by atoms with van der Waals surface area (Å²) in [5.41, 5.74) is -0.0860. The van der Waals surface area contributed by atoms with Crippen molar-refractivity contribution in [3.63, 3.8) is 0 Å². The molecule has 0 aromatic heterocycles. The summed E-state index contributed by atoms with van der Waals surface area (Å²) in [4.78, 5) is 0.302. The number of benzene rings is 1. The summed E-state index contributed by atoms with van der Waals surface area (Å²) < 4.78 is 28.4. The standard InChI is InChI=1S/C13H19BrN2O2S/c1-13(2)9-15-7-6-12(13)16-19(17,18)11-5-3-4-10(14)8-11/h3-5,8,12,15-16H,6-7,9H2,1-2H3. The summed E-state index contributed by atoms with van der Waals surface area (Å²) in [5.74, 6) is 0. The van der Waals surface area contributed by atoms with Gasteiger partial charge in [0.25, 0.3) is 0 Å². The predicted octanol–water partition coefficient (Wildman–Crippen LogP) is 2.12. The third kappa shape index (κ3) is 3.56. The fraction of sp³-hybridized carbons (Fsp3) is 0.538. The van der Waals surface area contributed by atoms with Gasteiger partial charge in [0, 0.05) is 17.1 Å². The molecule has 6 heteroatoms. The lowest BCUT2D eigenvalue weighted by molar-refractivity contribution is 0.206. The molecule has 0 aliphatic carbocycles. The lowest BCUT2D eigenvalue weighted by Crippen LogP contribution is -2.54. The van der Waals surface area contributed by atoms with Crippen LogP contribution < -0.4 is 10.0 Å². The Morgan fingerprint density at radius 3 is 2.79 bits per heavy atom. The quantitative estimate of drug-likeness (QED) is 0.881. The number of halogens is 1. The first-order valence-corrected chi connectivity index (χ1v) is 8.57. The molecule has 1 aliphatic heterocycles. The van der Waals surface area contributed by atoms with Crippen LogP contribution in [0.3, 0.4) is 0 Å². The van der Waals surface area contributed by atoms with Crippen molar-refractivity contribution in [2.45, 2.75) is 31.2 Å². The summed E-state index contributed by atoms with van der Waals surface area (Å²) in [6.45, 7) is 5.81. The average Bonchev–Trinajstić information content (AvgIpc) is 2.32. The SMILES string of the molecule is CC1(C)CNCCC1NS(=O)(=O)c1cccc(Br)c1. The van der Waals surface area contributed by atoms with Gasteiger partial charge in [-0.15, -0.1) is 0 Å². The molecule has 1 atom stereocenters. The zero-order valence-corrected chi connectivity index (χ0v) is 13.5. The van der Waals surface area contributed by atoms with Crippen molar-refractivity contribution in [3.8, 4) is 0 Å². The van der Waals surface area contributed by atoms with Crippen LogP contribution in [-0.4, -0.2) is 27.5 Å². The Hall–Kier alpha value is -0.430. The van der Waals surface area contributed by atoms with Gasteiger partial charge >= 0.3 is 0 Å². The highest BCUT2D eigenvalue weighted by molar-refractivity contribution is 9.10. The van der Waals surface area contributed by atoms with E-state index in [0.717, 1.165) is 24.0 Å². The number of hydrogen-bond acceptors (Lipinski definition) is 3. The highest BCUT2D eigenvalue weighted by Gasteiger charge is 2.35. The molecular formula is C13H19BrN2O2S. The Morgan fingerprint density at radius 2 is 2.16 bits per heavy atom. The molecule has 19 heavy (non-hydrogen) atoms. The van der Waals surface area contributed by atoms with Crippen molar-refractivity contribution < 1.29 is 8.42 Å². The van der Waals surface area contributed by atoms with Crippen LogP contribution in [0.4, 0.5) is 0 Å². The molecule has 2 N–H and O–H groups in total.